The molecule has 3 N–H and O–H groups in total. The lowest BCUT2D eigenvalue weighted by Crippen LogP contribution is -2.29. The number of hydrogen-bond acceptors (Lipinski definition) is 3. The molecule has 1 rings (SSSR count). The number of unbranched alkanes of at least 4 members (excludes halogenated alkanes) is 1. The van der Waals surface area contributed by atoms with Gasteiger partial charge in [0.25, 0.3) is 0 Å². The summed E-state index contributed by atoms with van der Waals surface area (Å²) in [4.78, 5) is 11.0. The summed E-state index contributed by atoms with van der Waals surface area (Å²) in [5.74, 6) is 5.81. The molecule has 0 aliphatic heterocycles. The van der Waals surface area contributed by atoms with Gasteiger partial charge in [0, 0.05) is 6.42 Å². The van der Waals surface area contributed by atoms with E-state index in [1.807, 2.05) is 18.2 Å². The van der Waals surface area contributed by atoms with Gasteiger partial charge in [-0.1, -0.05) is 39.0 Å². The molecule has 4 nitrogen and oxygen atoms in total. The fraction of sp³-hybridized carbons (Fsp3) is 0.533. The van der Waals surface area contributed by atoms with E-state index in [1.165, 1.54) is 5.56 Å². The molecule has 0 saturated heterocycles. The van der Waals surface area contributed by atoms with E-state index in [0.717, 1.165) is 18.6 Å². The standard InChI is InChI=1S/C15H24N2O2/c1-15(2,3)12-8-4-5-9-13(12)19-11-7-6-10-14(18)17-16/h4-5,8-9H,6-7,10-11,16H2,1-3H3,(H,17,18). The van der Waals surface area contributed by atoms with E-state index >= 15 is 0 Å². The summed E-state index contributed by atoms with van der Waals surface area (Å²) < 4.78 is 5.82. The van der Waals surface area contributed by atoms with Crippen LogP contribution in [0.1, 0.15) is 45.6 Å². The maximum atomic E-state index is 11.0. The molecule has 0 atom stereocenters. The summed E-state index contributed by atoms with van der Waals surface area (Å²) in [5, 5.41) is 0. The first kappa shape index (κ1) is 15.5. The van der Waals surface area contributed by atoms with Gasteiger partial charge >= 0.3 is 0 Å². The fourth-order valence-corrected chi connectivity index (χ4v) is 1.85. The van der Waals surface area contributed by atoms with Crippen molar-refractivity contribution in [2.75, 3.05) is 6.61 Å². The molecule has 0 spiro atoms. The number of rotatable bonds is 6. The van der Waals surface area contributed by atoms with Crippen molar-refractivity contribution in [1.29, 1.82) is 0 Å². The molecule has 0 aromatic heterocycles. The van der Waals surface area contributed by atoms with Crippen LogP contribution < -0.4 is 16.0 Å². The van der Waals surface area contributed by atoms with Crippen molar-refractivity contribution in [3.63, 3.8) is 0 Å². The molecular weight excluding hydrogens is 240 g/mol. The predicted octanol–water partition coefficient (Wildman–Crippen LogP) is 2.52. The second-order valence-electron chi connectivity index (χ2n) is 5.62. The highest BCUT2D eigenvalue weighted by Gasteiger charge is 2.18. The molecule has 4 heteroatoms. The number of ether oxygens (including phenoxy) is 1. The number of nitrogens with two attached hydrogens (primary N) is 1. The monoisotopic (exact) mass is 264 g/mol. The second-order valence-corrected chi connectivity index (χ2v) is 5.62. The highest BCUT2D eigenvalue weighted by Crippen LogP contribution is 2.30. The largest absolute Gasteiger partial charge is 0.493 e. The molecule has 106 valence electrons. The van der Waals surface area contributed by atoms with Crippen LogP contribution in [0.4, 0.5) is 0 Å². The average molecular weight is 264 g/mol. The van der Waals surface area contributed by atoms with Crippen molar-refractivity contribution in [2.24, 2.45) is 5.84 Å². The number of nitrogens with one attached hydrogen (secondary N) is 1. The second kappa shape index (κ2) is 7.14. The van der Waals surface area contributed by atoms with Crippen LogP contribution in [-0.4, -0.2) is 12.5 Å². The van der Waals surface area contributed by atoms with Gasteiger partial charge in [0.1, 0.15) is 5.75 Å². The van der Waals surface area contributed by atoms with Gasteiger partial charge in [0.05, 0.1) is 6.61 Å². The molecule has 0 fully saturated rings. The number of carbonyl (C=O) groups excluding carboxylic acids is 1. The zero-order valence-electron chi connectivity index (χ0n) is 12.0. The van der Waals surface area contributed by atoms with Crippen LogP contribution in [0.2, 0.25) is 0 Å². The molecule has 0 bridgehead atoms. The third-order valence-electron chi connectivity index (χ3n) is 2.91. The summed E-state index contributed by atoms with van der Waals surface area (Å²) in [7, 11) is 0. The van der Waals surface area contributed by atoms with Crippen LogP contribution in [0.3, 0.4) is 0 Å². The van der Waals surface area contributed by atoms with Crippen molar-refractivity contribution < 1.29 is 9.53 Å². The normalized spacial score (nSPS) is 11.2. The van der Waals surface area contributed by atoms with Gasteiger partial charge in [0.2, 0.25) is 5.91 Å². The van der Waals surface area contributed by atoms with E-state index in [1.54, 1.807) is 0 Å². The molecule has 0 radical (unpaired) electrons. The Kier molecular flexibility index (Phi) is 5.83. The molecule has 0 aliphatic rings. The topological polar surface area (TPSA) is 64.3 Å². The molecule has 0 unspecified atom stereocenters. The number of amides is 1. The van der Waals surface area contributed by atoms with Crippen LogP contribution in [0.15, 0.2) is 24.3 Å². The van der Waals surface area contributed by atoms with E-state index in [9.17, 15) is 4.79 Å². The Balaban J connectivity index is 2.44. The lowest BCUT2D eigenvalue weighted by Gasteiger charge is -2.22. The van der Waals surface area contributed by atoms with E-state index < -0.39 is 0 Å². The number of hydrazine groups is 1. The molecular formula is C15H24N2O2. The van der Waals surface area contributed by atoms with Crippen LogP contribution in [0, 0.1) is 0 Å². The zero-order valence-corrected chi connectivity index (χ0v) is 12.0. The van der Waals surface area contributed by atoms with Crippen LogP contribution in [0.25, 0.3) is 0 Å². The summed E-state index contributed by atoms with van der Waals surface area (Å²) in [5.41, 5.74) is 3.39. The molecule has 1 aromatic rings. The van der Waals surface area contributed by atoms with Gasteiger partial charge < -0.3 is 4.74 Å². The molecule has 1 aromatic carbocycles. The summed E-state index contributed by atoms with van der Waals surface area (Å²) in [6.07, 6.45) is 2.06. The Morgan fingerprint density at radius 3 is 2.58 bits per heavy atom. The number of carbonyl (C=O) groups is 1. The van der Waals surface area contributed by atoms with Crippen molar-refractivity contribution in [1.82, 2.24) is 5.43 Å². The van der Waals surface area contributed by atoms with Crippen LogP contribution in [0.5, 0.6) is 5.75 Å². The summed E-state index contributed by atoms with van der Waals surface area (Å²) >= 11 is 0. The zero-order chi connectivity index (χ0) is 14.3. The first-order valence-corrected chi connectivity index (χ1v) is 6.67. The van der Waals surface area contributed by atoms with Gasteiger partial charge in [-0.25, -0.2) is 5.84 Å². The molecule has 0 saturated carbocycles. The maximum absolute atomic E-state index is 11.0. The third-order valence-corrected chi connectivity index (χ3v) is 2.91. The third kappa shape index (κ3) is 5.30. The number of benzene rings is 1. The van der Waals surface area contributed by atoms with Gasteiger partial charge in [0.15, 0.2) is 0 Å². The molecule has 1 amide bonds. The minimum Gasteiger partial charge on any atom is -0.493 e. The Hall–Kier alpha value is -1.55. The Bertz CT molecular complexity index is 411. The first-order valence-electron chi connectivity index (χ1n) is 6.67. The minimum absolute atomic E-state index is 0.0655. The maximum Gasteiger partial charge on any atom is 0.233 e. The van der Waals surface area contributed by atoms with Crippen molar-refractivity contribution in [3.05, 3.63) is 29.8 Å². The summed E-state index contributed by atoms with van der Waals surface area (Å²) in [6, 6.07) is 8.09. The van der Waals surface area contributed by atoms with E-state index in [-0.39, 0.29) is 11.3 Å². The average Bonchev–Trinajstić information content (AvgIpc) is 2.37. The SMILES string of the molecule is CC(C)(C)c1ccccc1OCCCCC(=O)NN. The van der Waals surface area contributed by atoms with E-state index in [0.29, 0.717) is 13.0 Å². The summed E-state index contributed by atoms with van der Waals surface area (Å²) in [6.45, 7) is 7.12. The van der Waals surface area contributed by atoms with Gasteiger partial charge in [-0.3, -0.25) is 10.2 Å². The molecule has 0 heterocycles. The lowest BCUT2D eigenvalue weighted by molar-refractivity contribution is -0.121. The highest BCUT2D eigenvalue weighted by atomic mass is 16.5. The Morgan fingerprint density at radius 2 is 1.95 bits per heavy atom. The van der Waals surface area contributed by atoms with Crippen LogP contribution >= 0.6 is 0 Å². The Labute approximate surface area is 115 Å². The van der Waals surface area contributed by atoms with Crippen LogP contribution in [-0.2, 0) is 10.2 Å². The van der Waals surface area contributed by atoms with E-state index in [2.05, 4.69) is 32.3 Å². The van der Waals surface area contributed by atoms with Gasteiger partial charge in [-0.2, -0.15) is 0 Å². The lowest BCUT2D eigenvalue weighted by atomic mass is 9.86. The van der Waals surface area contributed by atoms with Crippen molar-refractivity contribution in [2.45, 2.75) is 45.4 Å². The predicted molar refractivity (Wildman–Crippen MR) is 76.8 cm³/mol. The smallest absolute Gasteiger partial charge is 0.233 e. The van der Waals surface area contributed by atoms with Gasteiger partial charge in [-0.05, 0) is 29.9 Å². The highest BCUT2D eigenvalue weighted by molar-refractivity contribution is 5.75. The molecule has 0 aliphatic carbocycles. The van der Waals surface area contributed by atoms with Crippen molar-refractivity contribution in [3.8, 4) is 5.75 Å². The number of para-hydroxylation sites is 1. The fourth-order valence-electron chi connectivity index (χ4n) is 1.85. The van der Waals surface area contributed by atoms with E-state index in [4.69, 9.17) is 10.6 Å². The minimum atomic E-state index is -0.130. The van der Waals surface area contributed by atoms with Crippen molar-refractivity contribution >= 4 is 5.91 Å². The Morgan fingerprint density at radius 1 is 1.26 bits per heavy atom. The van der Waals surface area contributed by atoms with Gasteiger partial charge in [-0.15, -0.1) is 0 Å². The quantitative estimate of drug-likeness (QED) is 0.359. The number of hydrogen-bond donors (Lipinski definition) is 2. The molecule has 19 heavy (non-hydrogen) atoms. The first-order chi connectivity index (χ1) is 8.95.